The van der Waals surface area contributed by atoms with Gasteiger partial charge < -0.3 is 14.9 Å². The summed E-state index contributed by atoms with van der Waals surface area (Å²) in [6.45, 7) is 4.08. The van der Waals surface area contributed by atoms with E-state index >= 15 is 0 Å². The summed E-state index contributed by atoms with van der Waals surface area (Å²) < 4.78 is 27.0. The maximum atomic E-state index is 13.5. The molecule has 1 aliphatic rings. The molecule has 0 unspecified atom stereocenters. The predicted molar refractivity (Wildman–Crippen MR) is 120 cm³/mol. The van der Waals surface area contributed by atoms with Gasteiger partial charge in [-0.05, 0) is 43.2 Å². The Balaban J connectivity index is 2.30. The largest absolute Gasteiger partial charge is 0.378 e. The minimum absolute atomic E-state index is 0.0463. The number of aliphatic hydroxyl groups is 1. The summed E-state index contributed by atoms with van der Waals surface area (Å²) in [7, 11) is 0.284. The van der Waals surface area contributed by atoms with Crippen LogP contribution in [0.25, 0.3) is 0 Å². The average Bonchev–Trinajstić information content (AvgIpc) is 2.78. The number of nitrogens with zero attached hydrogens (tertiary/aromatic N) is 2. The number of aliphatic hydroxyl groups excluding tert-OH is 1. The van der Waals surface area contributed by atoms with Gasteiger partial charge in [0.05, 0.1) is 16.3 Å². The van der Waals surface area contributed by atoms with Gasteiger partial charge in [-0.2, -0.15) is 0 Å². The van der Waals surface area contributed by atoms with Crippen molar-refractivity contribution in [2.45, 2.75) is 50.7 Å². The minimum Gasteiger partial charge on any atom is -0.378 e. The molecule has 0 aliphatic carbocycles. The Labute approximate surface area is 174 Å². The monoisotopic (exact) mass is 416 g/mol. The van der Waals surface area contributed by atoms with Crippen LogP contribution in [-0.4, -0.2) is 39.6 Å². The van der Waals surface area contributed by atoms with E-state index in [4.69, 9.17) is 0 Å². The van der Waals surface area contributed by atoms with Gasteiger partial charge in [0, 0.05) is 30.9 Å². The van der Waals surface area contributed by atoms with Gasteiger partial charge in [0.2, 0.25) is 0 Å². The van der Waals surface area contributed by atoms with E-state index in [9.17, 15) is 13.5 Å². The Morgan fingerprint density at radius 1 is 1.14 bits per heavy atom. The Morgan fingerprint density at radius 3 is 2.41 bits per heavy atom. The average molecular weight is 417 g/mol. The third kappa shape index (κ3) is 4.01. The molecule has 29 heavy (non-hydrogen) atoms. The van der Waals surface area contributed by atoms with E-state index < -0.39 is 21.5 Å². The fourth-order valence-corrected chi connectivity index (χ4v) is 6.39. The third-order valence-corrected chi connectivity index (χ3v) is 8.06. The molecule has 6 heteroatoms. The number of hydrogen-bond donors (Lipinski definition) is 1. The summed E-state index contributed by atoms with van der Waals surface area (Å²) in [4.78, 5) is 4.06. The Hall–Kier alpha value is -2.05. The smallest absolute Gasteiger partial charge is 0.181 e. The van der Waals surface area contributed by atoms with Crippen molar-refractivity contribution in [1.82, 2.24) is 0 Å². The Morgan fingerprint density at radius 2 is 1.83 bits per heavy atom. The summed E-state index contributed by atoms with van der Waals surface area (Å²) in [5, 5.41) is 11.7. The van der Waals surface area contributed by atoms with E-state index in [1.165, 1.54) is 0 Å². The van der Waals surface area contributed by atoms with Gasteiger partial charge in [-0.15, -0.1) is 0 Å². The molecule has 0 radical (unpaired) electrons. The summed E-state index contributed by atoms with van der Waals surface area (Å²) >= 11 is 0. The van der Waals surface area contributed by atoms with Crippen LogP contribution in [-0.2, 0) is 9.84 Å². The molecule has 0 saturated heterocycles. The number of hydrogen-bond acceptors (Lipinski definition) is 5. The van der Waals surface area contributed by atoms with Crippen LogP contribution < -0.4 is 9.80 Å². The van der Waals surface area contributed by atoms with Crippen LogP contribution in [0.4, 0.5) is 17.1 Å². The van der Waals surface area contributed by atoms with Crippen molar-refractivity contribution in [3.05, 3.63) is 48.5 Å². The molecule has 158 valence electrons. The van der Waals surface area contributed by atoms with Crippen LogP contribution in [0.15, 0.2) is 53.4 Å². The quantitative estimate of drug-likeness (QED) is 0.747. The molecule has 2 aromatic carbocycles. The van der Waals surface area contributed by atoms with Crippen molar-refractivity contribution in [2.24, 2.45) is 5.41 Å². The van der Waals surface area contributed by atoms with E-state index in [1.54, 1.807) is 6.07 Å². The summed E-state index contributed by atoms with van der Waals surface area (Å²) in [6.07, 6.45) is 2.15. The molecule has 1 heterocycles. The molecule has 1 aliphatic heterocycles. The lowest BCUT2D eigenvalue weighted by Crippen LogP contribution is -2.47. The second-order valence-electron chi connectivity index (χ2n) is 8.20. The molecule has 0 amide bonds. The first kappa shape index (κ1) is 21.7. The lowest BCUT2D eigenvalue weighted by molar-refractivity contribution is 0.0347. The van der Waals surface area contributed by atoms with Gasteiger partial charge in [0.25, 0.3) is 0 Å². The van der Waals surface area contributed by atoms with Gasteiger partial charge >= 0.3 is 0 Å². The van der Waals surface area contributed by atoms with E-state index in [2.05, 4.69) is 6.92 Å². The lowest BCUT2D eigenvalue weighted by atomic mass is 9.79. The molecule has 0 fully saturated rings. The minimum atomic E-state index is -3.57. The molecular weight excluding hydrogens is 384 g/mol. The summed E-state index contributed by atoms with van der Waals surface area (Å²) in [5.74, 6) is -0.0463. The Bertz CT molecular complexity index is 944. The number of rotatable bonds is 6. The highest BCUT2D eigenvalue weighted by atomic mass is 32.2. The maximum absolute atomic E-state index is 13.5. The summed E-state index contributed by atoms with van der Waals surface area (Å²) in [6, 6.07) is 15.0. The second kappa shape index (κ2) is 8.36. The van der Waals surface area contributed by atoms with Crippen molar-refractivity contribution in [2.75, 3.05) is 29.6 Å². The van der Waals surface area contributed by atoms with Crippen molar-refractivity contribution >= 4 is 26.9 Å². The van der Waals surface area contributed by atoms with Gasteiger partial charge in [0.15, 0.2) is 9.84 Å². The molecule has 1 N–H and O–H groups in total. The van der Waals surface area contributed by atoms with Crippen molar-refractivity contribution in [1.29, 1.82) is 0 Å². The van der Waals surface area contributed by atoms with Crippen LogP contribution in [0, 0.1) is 5.41 Å². The van der Waals surface area contributed by atoms with Crippen LogP contribution in [0.1, 0.15) is 39.5 Å². The van der Waals surface area contributed by atoms with Crippen LogP contribution in [0.3, 0.4) is 0 Å². The van der Waals surface area contributed by atoms with Crippen LogP contribution in [0.5, 0.6) is 0 Å². The Kier molecular flexibility index (Phi) is 6.24. The second-order valence-corrected chi connectivity index (χ2v) is 10.2. The van der Waals surface area contributed by atoms with Crippen LogP contribution in [0.2, 0.25) is 0 Å². The zero-order valence-corrected chi connectivity index (χ0v) is 18.6. The zero-order valence-electron chi connectivity index (χ0n) is 17.8. The van der Waals surface area contributed by atoms with E-state index in [0.717, 1.165) is 24.2 Å². The van der Waals surface area contributed by atoms with Crippen LogP contribution >= 0.6 is 0 Å². The zero-order chi connectivity index (χ0) is 21.2. The molecule has 3 rings (SSSR count). The van der Waals surface area contributed by atoms with Gasteiger partial charge in [-0.1, -0.05) is 44.9 Å². The molecule has 0 bridgehead atoms. The molecular formula is C23H32N2O3S. The predicted octanol–water partition coefficient (Wildman–Crippen LogP) is 4.58. The van der Waals surface area contributed by atoms with Crippen molar-refractivity contribution in [3.63, 3.8) is 0 Å². The van der Waals surface area contributed by atoms with E-state index in [-0.39, 0.29) is 10.6 Å². The number of benzene rings is 2. The van der Waals surface area contributed by atoms with Gasteiger partial charge in [-0.3, -0.25) is 0 Å². The maximum Gasteiger partial charge on any atom is 0.181 e. The fourth-order valence-electron chi connectivity index (χ4n) is 4.23. The number of para-hydroxylation sites is 1. The molecule has 2 aromatic rings. The van der Waals surface area contributed by atoms with E-state index in [0.29, 0.717) is 18.5 Å². The molecule has 5 nitrogen and oxygen atoms in total. The number of anilines is 3. The number of unbranched alkanes of at least 4 members (excludes halogenated alkanes) is 1. The first-order valence-electron chi connectivity index (χ1n) is 10.3. The highest BCUT2D eigenvalue weighted by molar-refractivity contribution is 7.91. The van der Waals surface area contributed by atoms with Gasteiger partial charge in [-0.25, -0.2) is 8.42 Å². The van der Waals surface area contributed by atoms with Gasteiger partial charge in [0.1, 0.15) is 6.23 Å². The number of fused-ring (bicyclic) bond motifs is 1. The highest BCUT2D eigenvalue weighted by Gasteiger charge is 2.47. The normalized spacial score (nSPS) is 23.3. The third-order valence-electron chi connectivity index (χ3n) is 6.09. The summed E-state index contributed by atoms with van der Waals surface area (Å²) in [5.41, 5.74) is 1.50. The highest BCUT2D eigenvalue weighted by Crippen LogP contribution is 2.47. The standard InChI is InChI=1S/C23H32N2O3S/c1-5-7-15-23(6-2)17-29(27,28)21-14-13-19(24(3)4)16-20(21)25(22(23)26)18-11-9-8-10-12-18/h8-14,16,22,26H,5-7,15,17H2,1-4H3/t22-,23+/m0/s1. The molecule has 2 atom stereocenters. The molecule has 0 aromatic heterocycles. The fraction of sp³-hybridized carbons (Fsp3) is 0.478. The van der Waals surface area contributed by atoms with E-state index in [1.807, 2.05) is 73.3 Å². The first-order valence-corrected chi connectivity index (χ1v) is 12.0. The topological polar surface area (TPSA) is 60.9 Å². The van der Waals surface area contributed by atoms with Crippen molar-refractivity contribution < 1.29 is 13.5 Å². The lowest BCUT2D eigenvalue weighted by Gasteiger charge is -2.41. The number of sulfone groups is 1. The SMILES string of the molecule is CCCC[C@]1(CC)CS(=O)(=O)c2ccc(N(C)C)cc2N(c2ccccc2)[C@H]1O. The molecule has 0 saturated carbocycles. The van der Waals surface area contributed by atoms with Crippen molar-refractivity contribution in [3.8, 4) is 0 Å². The first-order chi connectivity index (χ1) is 13.8. The molecule has 0 spiro atoms.